The van der Waals surface area contributed by atoms with Crippen LogP contribution in [0.1, 0.15) is 30.2 Å². The molecular formula is C15H18F3N3. The van der Waals surface area contributed by atoms with Crippen LogP contribution in [0.15, 0.2) is 36.8 Å². The highest BCUT2D eigenvalue weighted by molar-refractivity contribution is 5.29. The highest BCUT2D eigenvalue weighted by Crippen LogP contribution is 2.31. The lowest BCUT2D eigenvalue weighted by atomic mass is 10.1. The molecule has 2 aromatic rings. The van der Waals surface area contributed by atoms with Crippen LogP contribution in [-0.4, -0.2) is 9.55 Å². The molecule has 0 saturated carbocycles. The van der Waals surface area contributed by atoms with Gasteiger partial charge in [-0.05, 0) is 18.1 Å². The van der Waals surface area contributed by atoms with E-state index in [1.54, 1.807) is 18.6 Å². The van der Waals surface area contributed by atoms with Gasteiger partial charge in [0.05, 0.1) is 17.6 Å². The summed E-state index contributed by atoms with van der Waals surface area (Å²) in [4.78, 5) is 4.07. The Morgan fingerprint density at radius 2 is 1.95 bits per heavy atom. The average Bonchev–Trinajstić information content (AvgIpc) is 2.86. The van der Waals surface area contributed by atoms with Gasteiger partial charge < -0.3 is 9.88 Å². The molecule has 2 rings (SSSR count). The zero-order chi connectivity index (χ0) is 15.3. The molecule has 0 atom stereocenters. The topological polar surface area (TPSA) is 29.9 Å². The highest BCUT2D eigenvalue weighted by Gasteiger charge is 2.32. The number of aromatic nitrogens is 2. The molecule has 1 N–H and O–H groups in total. The van der Waals surface area contributed by atoms with E-state index >= 15 is 0 Å². The molecule has 114 valence electrons. The fourth-order valence-electron chi connectivity index (χ4n) is 2.21. The average molecular weight is 297 g/mol. The van der Waals surface area contributed by atoms with Crippen molar-refractivity contribution in [2.24, 2.45) is 0 Å². The van der Waals surface area contributed by atoms with Crippen LogP contribution in [0.3, 0.4) is 0 Å². The highest BCUT2D eigenvalue weighted by atomic mass is 19.4. The first-order chi connectivity index (χ1) is 10.0. The Labute approximate surface area is 121 Å². The first-order valence-electron chi connectivity index (χ1n) is 6.87. The Balaban J connectivity index is 1.99. The second-order valence-electron chi connectivity index (χ2n) is 4.84. The largest absolute Gasteiger partial charge is 0.416 e. The van der Waals surface area contributed by atoms with E-state index in [-0.39, 0.29) is 12.1 Å². The molecule has 1 heterocycles. The predicted molar refractivity (Wildman–Crippen MR) is 74.5 cm³/mol. The third kappa shape index (κ3) is 4.07. The van der Waals surface area contributed by atoms with Crippen LogP contribution in [0.2, 0.25) is 0 Å². The van der Waals surface area contributed by atoms with Crippen LogP contribution in [0.5, 0.6) is 0 Å². The fraction of sp³-hybridized carbons (Fsp3) is 0.400. The Bertz CT molecular complexity index is 576. The quantitative estimate of drug-likeness (QED) is 0.883. The van der Waals surface area contributed by atoms with Crippen LogP contribution in [0.4, 0.5) is 13.2 Å². The molecule has 0 aliphatic rings. The van der Waals surface area contributed by atoms with Gasteiger partial charge in [-0.2, -0.15) is 13.2 Å². The van der Waals surface area contributed by atoms with Crippen molar-refractivity contribution in [1.29, 1.82) is 0 Å². The number of halogens is 3. The molecule has 0 spiro atoms. The van der Waals surface area contributed by atoms with Gasteiger partial charge in [0, 0.05) is 25.8 Å². The number of nitrogens with zero attached hydrogens (tertiary/aromatic N) is 2. The molecule has 1 aromatic carbocycles. The van der Waals surface area contributed by atoms with E-state index in [4.69, 9.17) is 0 Å². The number of hydrogen-bond acceptors (Lipinski definition) is 2. The van der Waals surface area contributed by atoms with E-state index < -0.39 is 11.7 Å². The van der Waals surface area contributed by atoms with Crippen LogP contribution < -0.4 is 5.32 Å². The van der Waals surface area contributed by atoms with E-state index in [0.29, 0.717) is 6.54 Å². The van der Waals surface area contributed by atoms with Crippen molar-refractivity contribution in [3.8, 4) is 0 Å². The number of hydrogen-bond donors (Lipinski definition) is 1. The molecule has 3 nitrogen and oxygen atoms in total. The van der Waals surface area contributed by atoms with Crippen LogP contribution in [0.25, 0.3) is 0 Å². The first-order valence-corrected chi connectivity index (χ1v) is 6.87. The van der Waals surface area contributed by atoms with Crippen molar-refractivity contribution in [3.05, 3.63) is 53.6 Å². The molecule has 0 fully saturated rings. The number of rotatable bonds is 6. The fourth-order valence-corrected chi connectivity index (χ4v) is 2.21. The zero-order valence-electron chi connectivity index (χ0n) is 11.8. The third-order valence-electron chi connectivity index (χ3n) is 3.21. The summed E-state index contributed by atoms with van der Waals surface area (Å²) in [5, 5.41) is 3.05. The van der Waals surface area contributed by atoms with Crippen molar-refractivity contribution in [2.45, 2.75) is 39.2 Å². The van der Waals surface area contributed by atoms with Crippen LogP contribution in [0, 0.1) is 0 Å². The molecule has 0 unspecified atom stereocenters. The van der Waals surface area contributed by atoms with E-state index in [1.165, 1.54) is 12.1 Å². The van der Waals surface area contributed by atoms with Gasteiger partial charge in [-0.15, -0.1) is 0 Å². The molecule has 0 bridgehead atoms. The van der Waals surface area contributed by atoms with Crippen LogP contribution in [-0.2, 0) is 25.8 Å². The first kappa shape index (κ1) is 15.6. The minimum Gasteiger partial charge on any atom is -0.333 e. The van der Waals surface area contributed by atoms with Gasteiger partial charge in [0.1, 0.15) is 0 Å². The van der Waals surface area contributed by atoms with Gasteiger partial charge >= 0.3 is 6.18 Å². The Kier molecular flexibility index (Phi) is 5.01. The lowest BCUT2D eigenvalue weighted by molar-refractivity contribution is -0.138. The van der Waals surface area contributed by atoms with Gasteiger partial charge in [0.15, 0.2) is 0 Å². The molecule has 21 heavy (non-hydrogen) atoms. The van der Waals surface area contributed by atoms with E-state index in [1.807, 2.05) is 4.57 Å². The number of nitrogens with one attached hydrogen (secondary N) is 1. The summed E-state index contributed by atoms with van der Waals surface area (Å²) in [5.41, 5.74) is 0.646. The van der Waals surface area contributed by atoms with Gasteiger partial charge in [0.2, 0.25) is 0 Å². The minimum atomic E-state index is -4.32. The molecule has 0 aliphatic carbocycles. The summed E-state index contributed by atoms with van der Waals surface area (Å²) in [6.45, 7) is 3.59. The Morgan fingerprint density at radius 1 is 1.19 bits per heavy atom. The normalized spacial score (nSPS) is 11.8. The smallest absolute Gasteiger partial charge is 0.333 e. The summed E-state index contributed by atoms with van der Waals surface area (Å²) >= 11 is 0. The number of alkyl halides is 3. The molecule has 0 saturated heterocycles. The third-order valence-corrected chi connectivity index (χ3v) is 3.21. The van der Waals surface area contributed by atoms with Gasteiger partial charge in [0.25, 0.3) is 0 Å². The zero-order valence-corrected chi connectivity index (χ0v) is 11.8. The number of aryl methyl sites for hydroxylation is 1. The summed E-state index contributed by atoms with van der Waals surface area (Å²) in [6, 6.07) is 5.63. The second-order valence-corrected chi connectivity index (χ2v) is 4.84. The van der Waals surface area contributed by atoms with Crippen molar-refractivity contribution < 1.29 is 13.2 Å². The summed E-state index contributed by atoms with van der Waals surface area (Å²) in [7, 11) is 0. The number of imidazole rings is 1. The molecule has 1 aromatic heterocycles. The van der Waals surface area contributed by atoms with E-state index in [2.05, 4.69) is 17.2 Å². The van der Waals surface area contributed by atoms with Crippen molar-refractivity contribution in [3.63, 3.8) is 0 Å². The van der Waals surface area contributed by atoms with Gasteiger partial charge in [-0.1, -0.05) is 25.1 Å². The van der Waals surface area contributed by atoms with Crippen molar-refractivity contribution in [2.75, 3.05) is 0 Å². The molecule has 0 aliphatic heterocycles. The van der Waals surface area contributed by atoms with Crippen molar-refractivity contribution in [1.82, 2.24) is 14.9 Å². The lowest BCUT2D eigenvalue weighted by Crippen LogP contribution is -2.18. The molecular weight excluding hydrogens is 279 g/mol. The Hall–Kier alpha value is -1.82. The molecule has 0 radical (unpaired) electrons. The molecule has 6 heteroatoms. The summed E-state index contributed by atoms with van der Waals surface area (Å²) in [6.07, 6.45) is 0.144. The maximum Gasteiger partial charge on any atom is 0.416 e. The van der Waals surface area contributed by atoms with Gasteiger partial charge in [-0.25, -0.2) is 4.98 Å². The van der Waals surface area contributed by atoms with Crippen molar-refractivity contribution >= 4 is 0 Å². The monoisotopic (exact) mass is 297 g/mol. The van der Waals surface area contributed by atoms with Gasteiger partial charge in [-0.3, -0.25) is 0 Å². The number of benzene rings is 1. The molecule has 0 amide bonds. The lowest BCUT2D eigenvalue weighted by Gasteiger charge is -2.13. The summed E-state index contributed by atoms with van der Waals surface area (Å²) in [5.74, 6) is 0. The SMILES string of the molecule is CCCn1cncc1CNCc1ccccc1C(F)(F)F. The van der Waals surface area contributed by atoms with Crippen LogP contribution >= 0.6 is 0 Å². The standard InChI is InChI=1S/C15H18F3N3/c1-2-7-21-11-20-10-13(21)9-19-8-12-5-3-4-6-14(12)15(16,17)18/h3-6,10-11,19H,2,7-9H2,1H3. The maximum absolute atomic E-state index is 12.9. The minimum absolute atomic E-state index is 0.174. The maximum atomic E-state index is 12.9. The Morgan fingerprint density at radius 3 is 2.67 bits per heavy atom. The summed E-state index contributed by atoms with van der Waals surface area (Å²) < 4.78 is 40.6. The van der Waals surface area contributed by atoms with E-state index in [9.17, 15) is 13.2 Å². The predicted octanol–water partition coefficient (Wildman–Crippen LogP) is 3.60. The second kappa shape index (κ2) is 6.76. The van der Waals surface area contributed by atoms with E-state index in [0.717, 1.165) is 24.7 Å².